The Bertz CT molecular complexity index is 1340. The molecule has 0 spiro atoms. The van der Waals surface area contributed by atoms with Crippen molar-refractivity contribution in [2.75, 3.05) is 19.6 Å². The molecule has 0 saturated carbocycles. The number of epoxide rings is 1. The maximum atomic E-state index is 12.6. The number of ether oxygens (including phenoxy) is 2. The molecule has 4 unspecified atom stereocenters. The van der Waals surface area contributed by atoms with E-state index in [1.807, 2.05) is 51.1 Å². The van der Waals surface area contributed by atoms with E-state index >= 15 is 0 Å². The van der Waals surface area contributed by atoms with Crippen LogP contribution in [0.25, 0.3) is 0 Å². The maximum Gasteiger partial charge on any atom is 0.345 e. The van der Waals surface area contributed by atoms with Crippen LogP contribution in [0.4, 0.5) is 4.79 Å². The van der Waals surface area contributed by atoms with E-state index in [0.29, 0.717) is 44.0 Å². The summed E-state index contributed by atoms with van der Waals surface area (Å²) in [6, 6.07) is 7.48. The van der Waals surface area contributed by atoms with Gasteiger partial charge in [0.05, 0.1) is 18.1 Å². The topological polar surface area (TPSA) is 201 Å². The van der Waals surface area contributed by atoms with Crippen LogP contribution in [0.15, 0.2) is 48.7 Å². The second-order valence-corrected chi connectivity index (χ2v) is 14.2. The highest BCUT2D eigenvalue weighted by molar-refractivity contribution is 5.87. The van der Waals surface area contributed by atoms with E-state index in [0.717, 1.165) is 17.5 Å². The summed E-state index contributed by atoms with van der Waals surface area (Å²) < 4.78 is 11.2. The van der Waals surface area contributed by atoms with Crippen molar-refractivity contribution >= 4 is 29.8 Å². The highest BCUT2D eigenvalue weighted by atomic mass is 16.6. The fraction of sp³-hybridized carbons (Fsp3) is 0.595. The van der Waals surface area contributed by atoms with Crippen LogP contribution in [-0.2, 0) is 35.2 Å². The van der Waals surface area contributed by atoms with Crippen molar-refractivity contribution in [3.63, 3.8) is 0 Å². The second kappa shape index (κ2) is 20.3. The van der Waals surface area contributed by atoms with Crippen LogP contribution in [0.2, 0.25) is 0 Å². The van der Waals surface area contributed by atoms with Crippen molar-refractivity contribution in [1.29, 1.82) is 0 Å². The number of hydrogen-bond donors (Lipinski definition) is 6. The third kappa shape index (κ3) is 15.4. The second-order valence-electron chi connectivity index (χ2n) is 14.2. The van der Waals surface area contributed by atoms with E-state index in [4.69, 9.17) is 15.2 Å². The predicted molar refractivity (Wildman–Crippen MR) is 190 cm³/mol. The summed E-state index contributed by atoms with van der Waals surface area (Å²) in [5.41, 5.74) is 6.64. The molecule has 0 aliphatic carbocycles. The number of carboxylic acid groups (broad SMARTS) is 1. The summed E-state index contributed by atoms with van der Waals surface area (Å²) in [6.07, 6.45) is 5.38. The zero-order valence-electron chi connectivity index (χ0n) is 30.4. The summed E-state index contributed by atoms with van der Waals surface area (Å²) in [5, 5.41) is 20.6. The van der Waals surface area contributed by atoms with Gasteiger partial charge >= 0.3 is 18.0 Å². The number of hydrogen-bond acceptors (Lipinski definition) is 8. The Morgan fingerprint density at radius 3 is 2.32 bits per heavy atom. The number of aliphatic carboxylic acids is 1. The van der Waals surface area contributed by atoms with Crippen LogP contribution in [0.5, 0.6) is 0 Å². The molecule has 7 N–H and O–H groups in total. The SMILES string of the molecule is C=C(CNC(=O)/C=C/CCC(C)C1OC1c1ccc(CNC(=O)C(C)CCCNC(N)=O)cc1)NCC(C)(C)C(=O)O[C@@H](CC(C)C)C(=O)O. The Balaban J connectivity index is 1.64. The summed E-state index contributed by atoms with van der Waals surface area (Å²) in [7, 11) is 0. The number of carbonyl (C=O) groups excluding carboxylic acids is 4. The lowest BCUT2D eigenvalue weighted by molar-refractivity contribution is -0.171. The lowest BCUT2D eigenvalue weighted by Crippen LogP contribution is -2.41. The quantitative estimate of drug-likeness (QED) is 0.0421. The first kappa shape index (κ1) is 41.8. The fourth-order valence-electron chi connectivity index (χ4n) is 5.13. The first-order chi connectivity index (χ1) is 23.5. The van der Waals surface area contributed by atoms with E-state index in [1.54, 1.807) is 13.8 Å². The van der Waals surface area contributed by atoms with Crippen LogP contribution in [-0.4, -0.2) is 66.7 Å². The lowest BCUT2D eigenvalue weighted by atomic mass is 9.93. The number of amides is 4. The van der Waals surface area contributed by atoms with Gasteiger partial charge in [-0.15, -0.1) is 0 Å². The molecule has 1 aliphatic heterocycles. The third-order valence-electron chi connectivity index (χ3n) is 8.50. The molecule has 4 amide bonds. The van der Waals surface area contributed by atoms with E-state index in [2.05, 4.69) is 34.8 Å². The summed E-state index contributed by atoms with van der Waals surface area (Å²) in [6.45, 7) is 16.1. The Morgan fingerprint density at radius 2 is 1.70 bits per heavy atom. The number of rotatable bonds is 23. The molecule has 1 aromatic carbocycles. The van der Waals surface area contributed by atoms with Crippen molar-refractivity contribution in [2.24, 2.45) is 28.9 Å². The minimum Gasteiger partial charge on any atom is -0.479 e. The maximum absolute atomic E-state index is 12.6. The standard InChI is InChI=1S/C37H57N5O8/c1-23(2)19-29(34(45)46)49-35(47)37(6,7)22-42-26(5)20-40-30(43)13-9-8-11-24(3)31-32(50-31)28-16-14-27(15-17-28)21-41-33(44)25(4)12-10-18-39-36(38)48/h9,13-17,23-25,29,31-32,42H,5,8,10-12,18-22H2,1-4,6-7H3,(H,40,43)(H,41,44)(H,45,46)(H3,38,39,48)/b13-9+/t24?,25?,29-,31?,32?/m0/s1. The third-order valence-corrected chi connectivity index (χ3v) is 8.50. The van der Waals surface area contributed by atoms with Gasteiger partial charge in [0.15, 0.2) is 6.10 Å². The number of allylic oxidation sites excluding steroid dienone is 1. The van der Waals surface area contributed by atoms with Gasteiger partial charge in [-0.05, 0) is 75.0 Å². The van der Waals surface area contributed by atoms with Crippen molar-refractivity contribution in [3.8, 4) is 0 Å². The van der Waals surface area contributed by atoms with Crippen molar-refractivity contribution in [1.82, 2.24) is 21.3 Å². The number of nitrogens with two attached hydrogens (primary N) is 1. The summed E-state index contributed by atoms with van der Waals surface area (Å²) >= 11 is 0. The largest absolute Gasteiger partial charge is 0.479 e. The van der Waals surface area contributed by atoms with Gasteiger partial charge in [-0.25, -0.2) is 9.59 Å². The number of primary amides is 1. The molecule has 1 saturated heterocycles. The van der Waals surface area contributed by atoms with Gasteiger partial charge in [0.1, 0.15) is 6.10 Å². The van der Waals surface area contributed by atoms with Gasteiger partial charge in [-0.1, -0.05) is 64.6 Å². The van der Waals surface area contributed by atoms with Crippen molar-refractivity contribution in [2.45, 2.75) is 98.5 Å². The summed E-state index contributed by atoms with van der Waals surface area (Å²) in [5.74, 6) is -1.91. The van der Waals surface area contributed by atoms with Crippen molar-refractivity contribution < 1.29 is 38.6 Å². The minimum atomic E-state index is -1.20. The first-order valence-electron chi connectivity index (χ1n) is 17.3. The molecule has 0 radical (unpaired) electrons. The van der Waals surface area contributed by atoms with Crippen LogP contribution >= 0.6 is 0 Å². The Hall–Kier alpha value is -4.39. The van der Waals surface area contributed by atoms with Gasteiger partial charge in [-0.3, -0.25) is 14.4 Å². The molecular weight excluding hydrogens is 642 g/mol. The molecule has 13 heteroatoms. The molecule has 0 bridgehead atoms. The monoisotopic (exact) mass is 699 g/mol. The molecule has 1 fully saturated rings. The van der Waals surface area contributed by atoms with Crippen LogP contribution in [0.1, 0.15) is 90.9 Å². The number of carboxylic acids is 1. The van der Waals surface area contributed by atoms with E-state index in [1.165, 1.54) is 6.08 Å². The van der Waals surface area contributed by atoms with Gasteiger partial charge in [0.25, 0.3) is 0 Å². The molecule has 278 valence electrons. The molecule has 5 atom stereocenters. The molecule has 1 aromatic rings. The normalized spacial score (nSPS) is 17.3. The zero-order valence-corrected chi connectivity index (χ0v) is 30.4. The van der Waals surface area contributed by atoms with Gasteiger partial charge in [0, 0.05) is 31.2 Å². The number of nitrogens with one attached hydrogen (secondary N) is 4. The average molecular weight is 700 g/mol. The number of urea groups is 1. The van der Waals surface area contributed by atoms with Gasteiger partial charge in [-0.2, -0.15) is 0 Å². The summed E-state index contributed by atoms with van der Waals surface area (Å²) in [4.78, 5) is 59.5. The Labute approximate surface area is 296 Å². The molecule has 1 aliphatic rings. The van der Waals surface area contributed by atoms with E-state index in [9.17, 15) is 29.1 Å². The molecule has 0 aromatic heterocycles. The lowest BCUT2D eigenvalue weighted by Gasteiger charge is -2.26. The van der Waals surface area contributed by atoms with Crippen LogP contribution in [0.3, 0.4) is 0 Å². The van der Waals surface area contributed by atoms with Crippen LogP contribution < -0.4 is 27.0 Å². The van der Waals surface area contributed by atoms with Gasteiger partial charge < -0.3 is 41.6 Å². The minimum absolute atomic E-state index is 0.0268. The van der Waals surface area contributed by atoms with E-state index in [-0.39, 0.29) is 55.4 Å². The zero-order chi connectivity index (χ0) is 37.4. The average Bonchev–Trinajstić information content (AvgIpc) is 3.86. The number of benzene rings is 1. The van der Waals surface area contributed by atoms with Crippen LogP contribution in [0, 0.1) is 23.2 Å². The first-order valence-corrected chi connectivity index (χ1v) is 17.3. The molecule has 2 rings (SSSR count). The van der Waals surface area contributed by atoms with Gasteiger partial charge in [0.2, 0.25) is 11.8 Å². The van der Waals surface area contributed by atoms with E-state index < -0.39 is 29.5 Å². The number of esters is 1. The Kier molecular flexibility index (Phi) is 17.0. The smallest absolute Gasteiger partial charge is 0.345 e. The highest BCUT2D eigenvalue weighted by Gasteiger charge is 2.43. The molecule has 1 heterocycles. The molecular formula is C37H57N5O8. The molecule has 50 heavy (non-hydrogen) atoms. The molecule has 13 nitrogen and oxygen atoms in total. The van der Waals surface area contributed by atoms with Crippen molar-refractivity contribution in [3.05, 3.63) is 59.8 Å². The fourth-order valence-corrected chi connectivity index (χ4v) is 5.13. The Morgan fingerprint density at radius 1 is 1.02 bits per heavy atom. The highest BCUT2D eigenvalue weighted by Crippen LogP contribution is 2.44. The number of carbonyl (C=O) groups is 5. The predicted octanol–water partition coefficient (Wildman–Crippen LogP) is 4.09.